The number of nitrogens with one attached hydrogen (secondary N) is 1. The zero-order chi connectivity index (χ0) is 11.1. The van der Waals surface area contributed by atoms with Crippen molar-refractivity contribution in [2.24, 2.45) is 5.92 Å². The van der Waals surface area contributed by atoms with E-state index in [0.717, 1.165) is 26.2 Å². The van der Waals surface area contributed by atoms with Gasteiger partial charge in [0.25, 0.3) is 0 Å². The zero-order valence-electron chi connectivity index (χ0n) is 10.2. The summed E-state index contributed by atoms with van der Waals surface area (Å²) in [6, 6.07) is 0.572. The average Bonchev–Trinajstić information content (AvgIpc) is 2.25. The number of hydrogen-bond donors (Lipinski definition) is 1. The van der Waals surface area contributed by atoms with Crippen molar-refractivity contribution in [1.29, 1.82) is 0 Å². The van der Waals surface area contributed by atoms with Crippen LogP contribution in [0.3, 0.4) is 0 Å². The molecule has 0 bridgehead atoms. The molecule has 1 rings (SSSR count). The van der Waals surface area contributed by atoms with Crippen molar-refractivity contribution in [3.63, 3.8) is 0 Å². The van der Waals surface area contributed by atoms with E-state index in [-0.39, 0.29) is 0 Å². The summed E-state index contributed by atoms with van der Waals surface area (Å²) in [5, 5.41) is 3.63. The minimum absolute atomic E-state index is 0.572. The Morgan fingerprint density at radius 2 is 2.40 bits per heavy atom. The molecule has 0 amide bonds. The van der Waals surface area contributed by atoms with Crippen LogP contribution in [0.1, 0.15) is 39.5 Å². The van der Waals surface area contributed by atoms with Crippen LogP contribution in [0, 0.1) is 5.92 Å². The summed E-state index contributed by atoms with van der Waals surface area (Å²) in [6.07, 6.45) is 4.80. The van der Waals surface area contributed by atoms with Crippen molar-refractivity contribution in [3.05, 3.63) is 12.2 Å². The van der Waals surface area contributed by atoms with Crippen LogP contribution in [0.5, 0.6) is 0 Å². The molecule has 1 heterocycles. The van der Waals surface area contributed by atoms with Crippen molar-refractivity contribution >= 4 is 0 Å². The first-order valence-electron chi connectivity index (χ1n) is 6.19. The monoisotopic (exact) mass is 211 g/mol. The second-order valence-electron chi connectivity index (χ2n) is 4.70. The van der Waals surface area contributed by atoms with Gasteiger partial charge in [0.15, 0.2) is 0 Å². The van der Waals surface area contributed by atoms with Gasteiger partial charge in [-0.25, -0.2) is 0 Å². The highest BCUT2D eigenvalue weighted by Gasteiger charge is 2.23. The third-order valence-corrected chi connectivity index (χ3v) is 2.99. The van der Waals surface area contributed by atoms with Gasteiger partial charge >= 0.3 is 0 Å². The molecule has 0 aromatic rings. The minimum Gasteiger partial charge on any atom is -0.381 e. The molecule has 88 valence electrons. The third-order valence-electron chi connectivity index (χ3n) is 2.99. The van der Waals surface area contributed by atoms with Gasteiger partial charge in [0.2, 0.25) is 0 Å². The molecule has 1 fully saturated rings. The van der Waals surface area contributed by atoms with E-state index in [2.05, 4.69) is 25.7 Å². The highest BCUT2D eigenvalue weighted by molar-refractivity contribution is 4.95. The van der Waals surface area contributed by atoms with Gasteiger partial charge in [0.1, 0.15) is 0 Å². The molecule has 0 radical (unpaired) electrons. The van der Waals surface area contributed by atoms with Crippen LogP contribution < -0.4 is 5.32 Å². The molecule has 1 aliphatic heterocycles. The van der Waals surface area contributed by atoms with E-state index in [1.807, 2.05) is 0 Å². The predicted octanol–water partition coefficient (Wildman–Crippen LogP) is 2.75. The van der Waals surface area contributed by atoms with Crippen LogP contribution in [0.15, 0.2) is 12.2 Å². The zero-order valence-corrected chi connectivity index (χ0v) is 10.2. The fourth-order valence-corrected chi connectivity index (χ4v) is 2.19. The molecular weight excluding hydrogens is 186 g/mol. The molecule has 2 atom stereocenters. The Balaban J connectivity index is 2.41. The van der Waals surface area contributed by atoms with Crippen molar-refractivity contribution in [2.45, 2.75) is 45.6 Å². The highest BCUT2D eigenvalue weighted by Crippen LogP contribution is 2.21. The van der Waals surface area contributed by atoms with Gasteiger partial charge in [0, 0.05) is 12.6 Å². The minimum atomic E-state index is 0.572. The van der Waals surface area contributed by atoms with Gasteiger partial charge in [-0.05, 0) is 45.1 Å². The second kappa shape index (κ2) is 7.02. The molecule has 2 nitrogen and oxygen atoms in total. The predicted molar refractivity (Wildman–Crippen MR) is 65.1 cm³/mol. The maximum Gasteiger partial charge on any atom is 0.0509 e. The molecule has 15 heavy (non-hydrogen) atoms. The van der Waals surface area contributed by atoms with Crippen LogP contribution in [-0.4, -0.2) is 25.8 Å². The lowest BCUT2D eigenvalue weighted by Crippen LogP contribution is -2.40. The fraction of sp³-hybridized carbons (Fsp3) is 0.846. The SMILES string of the molecule is C=C(C)CC(NCCC)C1CCCOC1. The van der Waals surface area contributed by atoms with E-state index in [1.54, 1.807) is 0 Å². The third kappa shape index (κ3) is 4.80. The first-order chi connectivity index (χ1) is 7.24. The van der Waals surface area contributed by atoms with E-state index >= 15 is 0 Å². The quantitative estimate of drug-likeness (QED) is 0.682. The van der Waals surface area contributed by atoms with Gasteiger partial charge in [-0.15, -0.1) is 6.58 Å². The van der Waals surface area contributed by atoms with Gasteiger partial charge in [-0.2, -0.15) is 0 Å². The fourth-order valence-electron chi connectivity index (χ4n) is 2.19. The summed E-state index contributed by atoms with van der Waals surface area (Å²) in [5.74, 6) is 0.682. The molecule has 2 heteroatoms. The van der Waals surface area contributed by atoms with Crippen molar-refractivity contribution < 1.29 is 4.74 Å². The number of rotatable bonds is 6. The molecule has 0 spiro atoms. The van der Waals surface area contributed by atoms with Crippen LogP contribution in [-0.2, 0) is 4.74 Å². The summed E-state index contributed by atoms with van der Waals surface area (Å²) in [6.45, 7) is 11.3. The Morgan fingerprint density at radius 3 is 2.93 bits per heavy atom. The van der Waals surface area contributed by atoms with Gasteiger partial charge in [-0.1, -0.05) is 12.5 Å². The van der Waals surface area contributed by atoms with Crippen LogP contribution in [0.2, 0.25) is 0 Å². The van der Waals surface area contributed by atoms with E-state index in [9.17, 15) is 0 Å². The van der Waals surface area contributed by atoms with Crippen molar-refractivity contribution in [3.8, 4) is 0 Å². The Kier molecular flexibility index (Phi) is 5.96. The average molecular weight is 211 g/mol. The van der Waals surface area contributed by atoms with Gasteiger partial charge in [0.05, 0.1) is 6.61 Å². The molecule has 2 unspecified atom stereocenters. The van der Waals surface area contributed by atoms with Gasteiger partial charge in [-0.3, -0.25) is 0 Å². The lowest BCUT2D eigenvalue weighted by molar-refractivity contribution is 0.0394. The first kappa shape index (κ1) is 12.7. The maximum atomic E-state index is 5.55. The molecule has 1 saturated heterocycles. The Bertz CT molecular complexity index is 185. The molecular formula is C13H25NO. The number of hydrogen-bond acceptors (Lipinski definition) is 2. The highest BCUT2D eigenvalue weighted by atomic mass is 16.5. The summed E-state index contributed by atoms with van der Waals surface area (Å²) in [4.78, 5) is 0. The summed E-state index contributed by atoms with van der Waals surface area (Å²) < 4.78 is 5.55. The van der Waals surface area contributed by atoms with Gasteiger partial charge < -0.3 is 10.1 Å². The normalized spacial score (nSPS) is 23.7. The maximum absolute atomic E-state index is 5.55. The Morgan fingerprint density at radius 1 is 1.60 bits per heavy atom. The Labute approximate surface area is 94.1 Å². The van der Waals surface area contributed by atoms with E-state index in [4.69, 9.17) is 4.74 Å². The largest absolute Gasteiger partial charge is 0.381 e. The molecule has 1 N–H and O–H groups in total. The first-order valence-corrected chi connectivity index (χ1v) is 6.19. The standard InChI is InChI=1S/C13H25NO/c1-4-7-14-13(9-11(2)3)12-6-5-8-15-10-12/h12-14H,2,4-10H2,1,3H3. The van der Waals surface area contributed by atoms with E-state index in [0.29, 0.717) is 12.0 Å². The smallest absolute Gasteiger partial charge is 0.0509 e. The molecule has 0 aromatic carbocycles. The molecule has 0 saturated carbocycles. The lowest BCUT2D eigenvalue weighted by atomic mass is 9.89. The number of ether oxygens (including phenoxy) is 1. The lowest BCUT2D eigenvalue weighted by Gasteiger charge is -2.31. The molecule has 1 aliphatic rings. The summed E-state index contributed by atoms with van der Waals surface area (Å²) in [5.41, 5.74) is 1.27. The summed E-state index contributed by atoms with van der Waals surface area (Å²) >= 11 is 0. The second-order valence-corrected chi connectivity index (χ2v) is 4.70. The summed E-state index contributed by atoms with van der Waals surface area (Å²) in [7, 11) is 0. The molecule has 0 aliphatic carbocycles. The van der Waals surface area contributed by atoms with E-state index in [1.165, 1.54) is 24.8 Å². The van der Waals surface area contributed by atoms with Crippen LogP contribution >= 0.6 is 0 Å². The van der Waals surface area contributed by atoms with Crippen molar-refractivity contribution in [2.75, 3.05) is 19.8 Å². The van der Waals surface area contributed by atoms with Crippen molar-refractivity contribution in [1.82, 2.24) is 5.32 Å². The van der Waals surface area contributed by atoms with Crippen LogP contribution in [0.25, 0.3) is 0 Å². The molecule has 0 aromatic heterocycles. The Hall–Kier alpha value is -0.340. The van der Waals surface area contributed by atoms with Crippen LogP contribution in [0.4, 0.5) is 0 Å². The topological polar surface area (TPSA) is 21.3 Å². The van der Waals surface area contributed by atoms with E-state index < -0.39 is 0 Å².